The minimum atomic E-state index is -3.65. The summed E-state index contributed by atoms with van der Waals surface area (Å²) < 4.78 is 40.3. The smallest absolute Gasteiger partial charge is 0.325 e. The molecule has 1 aliphatic heterocycles. The molecule has 1 fully saturated rings. The molecule has 1 amide bonds. The van der Waals surface area contributed by atoms with E-state index in [2.05, 4.69) is 18.8 Å². The van der Waals surface area contributed by atoms with Gasteiger partial charge in [0, 0.05) is 18.7 Å². The summed E-state index contributed by atoms with van der Waals surface area (Å²) in [6.45, 7) is 4.97. The van der Waals surface area contributed by atoms with Crippen molar-refractivity contribution in [1.82, 2.24) is 8.87 Å². The van der Waals surface area contributed by atoms with Crippen molar-refractivity contribution in [3.05, 3.63) is 52.8 Å². The molecular formula is C25H29N3O6S2. The average Bonchev–Trinajstić information content (AvgIpc) is 3.18. The first-order valence-electron chi connectivity index (χ1n) is 11.6. The molecule has 2 atom stereocenters. The third-order valence-electron chi connectivity index (χ3n) is 6.18. The fourth-order valence-corrected chi connectivity index (χ4v) is 7.22. The number of rotatable bonds is 6. The summed E-state index contributed by atoms with van der Waals surface area (Å²) >= 11 is 1.24. The zero-order valence-corrected chi connectivity index (χ0v) is 22.3. The van der Waals surface area contributed by atoms with Crippen LogP contribution in [0, 0.1) is 11.8 Å². The highest BCUT2D eigenvalue weighted by Gasteiger charge is 2.31. The number of hydrogen-bond donors (Lipinski definition) is 0. The van der Waals surface area contributed by atoms with Gasteiger partial charge in [-0.1, -0.05) is 25.2 Å². The molecule has 192 valence electrons. The Kier molecular flexibility index (Phi) is 7.62. The minimum absolute atomic E-state index is 0.112. The van der Waals surface area contributed by atoms with Crippen molar-refractivity contribution in [3.63, 3.8) is 0 Å². The highest BCUT2D eigenvalue weighted by atomic mass is 32.2. The first-order valence-corrected chi connectivity index (χ1v) is 13.8. The van der Waals surface area contributed by atoms with Crippen LogP contribution in [0.1, 0.15) is 30.6 Å². The SMILES string of the molecule is COC(=O)Cn1c(=NC(=O)c2ccc(S(=O)(=O)N3C[C@H](C)C[C@@H](C)C3)cc2)sc2cc(OC)ccc21. The number of aromatic nitrogens is 1. The molecule has 11 heteroatoms. The number of esters is 1. The van der Waals surface area contributed by atoms with Crippen LogP contribution < -0.4 is 9.54 Å². The minimum Gasteiger partial charge on any atom is -0.497 e. The summed E-state index contributed by atoms with van der Waals surface area (Å²) in [5.74, 6) is 0.204. The lowest BCUT2D eigenvalue weighted by atomic mass is 9.94. The average molecular weight is 532 g/mol. The number of carbonyl (C=O) groups is 2. The van der Waals surface area contributed by atoms with Crippen LogP contribution in [0.4, 0.5) is 0 Å². The van der Waals surface area contributed by atoms with Crippen molar-refractivity contribution in [2.75, 3.05) is 27.3 Å². The molecule has 2 aromatic carbocycles. The van der Waals surface area contributed by atoms with Gasteiger partial charge in [0.25, 0.3) is 5.91 Å². The number of carbonyl (C=O) groups excluding carboxylic acids is 2. The van der Waals surface area contributed by atoms with Crippen LogP contribution in [0.3, 0.4) is 0 Å². The molecule has 0 unspecified atom stereocenters. The lowest BCUT2D eigenvalue weighted by Crippen LogP contribution is -2.42. The van der Waals surface area contributed by atoms with E-state index in [-0.39, 0.29) is 17.0 Å². The quantitative estimate of drug-likeness (QED) is 0.452. The van der Waals surface area contributed by atoms with Gasteiger partial charge in [-0.15, -0.1) is 0 Å². The number of thiazole rings is 1. The van der Waals surface area contributed by atoms with Gasteiger partial charge in [0.15, 0.2) is 4.80 Å². The van der Waals surface area contributed by atoms with Crippen LogP contribution >= 0.6 is 11.3 Å². The van der Waals surface area contributed by atoms with Crippen molar-refractivity contribution >= 4 is 43.5 Å². The molecule has 0 bridgehead atoms. The molecule has 36 heavy (non-hydrogen) atoms. The highest BCUT2D eigenvalue weighted by molar-refractivity contribution is 7.89. The van der Waals surface area contributed by atoms with Crippen LogP contribution in [-0.4, -0.2) is 56.5 Å². The lowest BCUT2D eigenvalue weighted by molar-refractivity contribution is -0.141. The predicted molar refractivity (Wildman–Crippen MR) is 136 cm³/mol. The fourth-order valence-electron chi connectivity index (χ4n) is 4.48. The number of hydrogen-bond acceptors (Lipinski definition) is 7. The number of amides is 1. The van der Waals surface area contributed by atoms with Crippen molar-refractivity contribution in [3.8, 4) is 5.75 Å². The zero-order valence-electron chi connectivity index (χ0n) is 20.6. The second-order valence-electron chi connectivity index (χ2n) is 9.09. The molecule has 0 saturated carbocycles. The van der Waals surface area contributed by atoms with Gasteiger partial charge in [-0.2, -0.15) is 9.30 Å². The number of piperidine rings is 1. The van der Waals surface area contributed by atoms with Gasteiger partial charge in [0.05, 0.1) is 29.3 Å². The summed E-state index contributed by atoms with van der Waals surface area (Å²) in [6, 6.07) is 11.2. The monoisotopic (exact) mass is 531 g/mol. The van der Waals surface area contributed by atoms with Crippen molar-refractivity contribution in [2.24, 2.45) is 16.8 Å². The third kappa shape index (κ3) is 5.37. The van der Waals surface area contributed by atoms with E-state index in [0.717, 1.165) is 11.1 Å². The maximum Gasteiger partial charge on any atom is 0.325 e. The molecular weight excluding hydrogens is 502 g/mol. The Labute approximate surface area is 214 Å². The lowest BCUT2D eigenvalue weighted by Gasteiger charge is -2.34. The standard InChI is InChI=1S/C25H29N3O6S2/c1-16-11-17(2)14-27(13-16)36(31,32)20-8-5-18(6-9-20)24(30)26-25-28(15-23(29)34-4)21-10-7-19(33-3)12-22(21)35-25/h5-10,12,16-17H,11,13-15H2,1-4H3/t16-,17-/m1/s1. The molecule has 0 radical (unpaired) electrons. The number of sulfonamides is 1. The molecule has 0 aliphatic carbocycles. The first-order chi connectivity index (χ1) is 17.1. The van der Waals surface area contributed by atoms with E-state index in [0.29, 0.717) is 41.0 Å². The largest absolute Gasteiger partial charge is 0.497 e. The zero-order chi connectivity index (χ0) is 26.0. The Hall–Kier alpha value is -3.02. The van der Waals surface area contributed by atoms with Gasteiger partial charge in [0.1, 0.15) is 12.3 Å². The number of ether oxygens (including phenoxy) is 2. The molecule has 3 aromatic rings. The van der Waals surface area contributed by atoms with Crippen LogP contribution in [-0.2, 0) is 26.1 Å². The van der Waals surface area contributed by atoms with E-state index in [1.54, 1.807) is 29.9 Å². The first kappa shape index (κ1) is 26.1. The maximum atomic E-state index is 13.1. The molecule has 0 N–H and O–H groups in total. The second-order valence-corrected chi connectivity index (χ2v) is 12.0. The van der Waals surface area contributed by atoms with E-state index in [4.69, 9.17) is 9.47 Å². The van der Waals surface area contributed by atoms with E-state index in [1.807, 2.05) is 0 Å². The Balaban J connectivity index is 1.66. The van der Waals surface area contributed by atoms with Crippen LogP contribution in [0.5, 0.6) is 5.75 Å². The summed E-state index contributed by atoms with van der Waals surface area (Å²) in [4.78, 5) is 29.7. The van der Waals surface area contributed by atoms with Gasteiger partial charge in [0.2, 0.25) is 10.0 Å². The predicted octanol–water partition coefficient (Wildman–Crippen LogP) is 3.29. The molecule has 0 spiro atoms. The van der Waals surface area contributed by atoms with Crippen LogP contribution in [0.15, 0.2) is 52.4 Å². The summed E-state index contributed by atoms with van der Waals surface area (Å²) in [6.07, 6.45) is 1.00. The van der Waals surface area contributed by atoms with E-state index in [1.165, 1.54) is 47.0 Å². The number of methoxy groups -OCH3 is 2. The maximum absolute atomic E-state index is 13.1. The van der Waals surface area contributed by atoms with E-state index < -0.39 is 21.9 Å². The molecule has 1 saturated heterocycles. The number of fused-ring (bicyclic) bond motifs is 1. The molecule has 1 aromatic heterocycles. The van der Waals surface area contributed by atoms with Gasteiger partial charge >= 0.3 is 5.97 Å². The Bertz CT molecular complexity index is 1450. The number of benzene rings is 2. The molecule has 4 rings (SSSR count). The van der Waals surface area contributed by atoms with Crippen LogP contribution in [0.2, 0.25) is 0 Å². The van der Waals surface area contributed by atoms with Crippen molar-refractivity contribution in [2.45, 2.75) is 31.7 Å². The summed E-state index contributed by atoms with van der Waals surface area (Å²) in [7, 11) is -0.797. The number of nitrogens with zero attached hydrogens (tertiary/aromatic N) is 3. The van der Waals surface area contributed by atoms with Gasteiger partial charge in [-0.05, 0) is 60.7 Å². The van der Waals surface area contributed by atoms with E-state index in [9.17, 15) is 18.0 Å². The fraction of sp³-hybridized carbons (Fsp3) is 0.400. The van der Waals surface area contributed by atoms with Gasteiger partial charge in [-0.25, -0.2) is 8.42 Å². The van der Waals surface area contributed by atoms with E-state index >= 15 is 0 Å². The Morgan fingerprint density at radius 3 is 2.33 bits per heavy atom. The third-order valence-corrected chi connectivity index (χ3v) is 9.06. The van der Waals surface area contributed by atoms with Crippen molar-refractivity contribution < 1.29 is 27.5 Å². The van der Waals surface area contributed by atoms with Crippen molar-refractivity contribution in [1.29, 1.82) is 0 Å². The Morgan fingerprint density at radius 1 is 1.06 bits per heavy atom. The van der Waals surface area contributed by atoms with Gasteiger partial charge < -0.3 is 14.0 Å². The Morgan fingerprint density at radius 2 is 1.72 bits per heavy atom. The molecule has 1 aliphatic rings. The summed E-state index contributed by atoms with van der Waals surface area (Å²) in [5, 5.41) is 0. The summed E-state index contributed by atoms with van der Waals surface area (Å²) in [5.41, 5.74) is 0.957. The highest BCUT2D eigenvalue weighted by Crippen LogP contribution is 2.27. The normalized spacial score (nSPS) is 19.4. The molecule has 9 nitrogen and oxygen atoms in total. The second kappa shape index (κ2) is 10.5. The van der Waals surface area contributed by atoms with Gasteiger partial charge in [-0.3, -0.25) is 9.59 Å². The molecule has 2 heterocycles. The van der Waals surface area contributed by atoms with Crippen LogP contribution in [0.25, 0.3) is 10.2 Å². The topological polar surface area (TPSA) is 107 Å².